The van der Waals surface area contributed by atoms with Crippen LogP contribution in [-0.4, -0.2) is 16.8 Å². The molecule has 0 aliphatic heterocycles. The summed E-state index contributed by atoms with van der Waals surface area (Å²) in [5, 5.41) is 5.71. The molecule has 0 aliphatic rings. The van der Waals surface area contributed by atoms with Crippen LogP contribution in [0.2, 0.25) is 0 Å². The Labute approximate surface area is 190 Å². The molecule has 0 spiro atoms. The van der Waals surface area contributed by atoms with Crippen molar-refractivity contribution in [2.24, 2.45) is 0 Å². The van der Waals surface area contributed by atoms with E-state index in [1.807, 2.05) is 49.4 Å². The molecule has 0 saturated heterocycles. The second kappa shape index (κ2) is 9.91. The van der Waals surface area contributed by atoms with Crippen LogP contribution in [-0.2, 0) is 11.2 Å². The number of hydrogen-bond donors (Lipinski definition) is 2. The molecule has 1 heterocycles. The minimum atomic E-state index is -0.396. The summed E-state index contributed by atoms with van der Waals surface area (Å²) in [4.78, 5) is 29.1. The number of benzene rings is 3. The maximum atomic E-state index is 13.0. The van der Waals surface area contributed by atoms with E-state index in [9.17, 15) is 14.0 Å². The third-order valence-corrected chi connectivity index (χ3v) is 5.07. The van der Waals surface area contributed by atoms with Crippen molar-refractivity contribution in [3.63, 3.8) is 0 Å². The van der Waals surface area contributed by atoms with Crippen molar-refractivity contribution in [1.29, 1.82) is 0 Å². The summed E-state index contributed by atoms with van der Waals surface area (Å²) >= 11 is 0. The number of carbonyl (C=O) groups excluding carboxylic acids is 2. The summed E-state index contributed by atoms with van der Waals surface area (Å²) in [6, 6.07) is 21.7. The number of nitrogens with zero attached hydrogens (tertiary/aromatic N) is 1. The van der Waals surface area contributed by atoms with E-state index < -0.39 is 5.82 Å². The molecule has 166 valence electrons. The van der Waals surface area contributed by atoms with Crippen molar-refractivity contribution < 1.29 is 18.4 Å². The second-order valence-corrected chi connectivity index (χ2v) is 7.56. The Bertz CT molecular complexity index is 1240. The van der Waals surface area contributed by atoms with E-state index >= 15 is 0 Å². The van der Waals surface area contributed by atoms with Crippen molar-refractivity contribution in [3.8, 4) is 11.5 Å². The number of amides is 2. The summed E-state index contributed by atoms with van der Waals surface area (Å²) in [7, 11) is 0. The number of hydrogen-bond acceptors (Lipinski definition) is 4. The topological polar surface area (TPSA) is 84.2 Å². The highest BCUT2D eigenvalue weighted by Crippen LogP contribution is 2.19. The van der Waals surface area contributed by atoms with Crippen molar-refractivity contribution in [2.75, 3.05) is 5.32 Å². The average molecular weight is 443 g/mol. The van der Waals surface area contributed by atoms with Crippen LogP contribution in [0.3, 0.4) is 0 Å². The van der Waals surface area contributed by atoms with Gasteiger partial charge in [-0.1, -0.05) is 30.3 Å². The van der Waals surface area contributed by atoms with Gasteiger partial charge in [0.2, 0.25) is 11.8 Å². The summed E-state index contributed by atoms with van der Waals surface area (Å²) in [5.41, 5.74) is 3.25. The Morgan fingerprint density at radius 3 is 2.36 bits per heavy atom. The van der Waals surface area contributed by atoms with E-state index in [2.05, 4.69) is 15.6 Å². The molecule has 4 aromatic rings. The Kier molecular flexibility index (Phi) is 6.59. The zero-order valence-corrected chi connectivity index (χ0v) is 17.9. The SMILES string of the molecule is CC(NC(=O)Cc1coc(-c2ccccc2)n1)c1ccc(NC(=O)c2ccc(F)cc2)cc1. The summed E-state index contributed by atoms with van der Waals surface area (Å²) in [6.45, 7) is 1.88. The average Bonchev–Trinajstić information content (AvgIpc) is 3.28. The monoisotopic (exact) mass is 443 g/mol. The normalized spacial score (nSPS) is 11.6. The Hall–Kier alpha value is -4.26. The highest BCUT2D eigenvalue weighted by molar-refractivity contribution is 6.04. The number of rotatable bonds is 7. The number of anilines is 1. The first-order valence-corrected chi connectivity index (χ1v) is 10.4. The van der Waals surface area contributed by atoms with E-state index in [0.29, 0.717) is 22.8 Å². The van der Waals surface area contributed by atoms with Crippen molar-refractivity contribution in [1.82, 2.24) is 10.3 Å². The molecular formula is C26H22FN3O3. The van der Waals surface area contributed by atoms with Crippen LogP contribution < -0.4 is 10.6 Å². The van der Waals surface area contributed by atoms with Gasteiger partial charge in [0.05, 0.1) is 18.2 Å². The van der Waals surface area contributed by atoms with Crippen molar-refractivity contribution in [3.05, 3.63) is 108 Å². The molecule has 7 heteroatoms. The molecule has 1 atom stereocenters. The minimum Gasteiger partial charge on any atom is -0.444 e. The molecule has 2 N–H and O–H groups in total. The Morgan fingerprint density at radius 1 is 0.970 bits per heavy atom. The summed E-state index contributed by atoms with van der Waals surface area (Å²) in [6.07, 6.45) is 1.59. The number of oxazole rings is 1. The molecule has 0 fully saturated rings. The maximum Gasteiger partial charge on any atom is 0.255 e. The van der Waals surface area contributed by atoms with Gasteiger partial charge >= 0.3 is 0 Å². The van der Waals surface area contributed by atoms with E-state index in [1.165, 1.54) is 30.5 Å². The number of aromatic nitrogens is 1. The zero-order chi connectivity index (χ0) is 23.2. The van der Waals surface area contributed by atoms with Gasteiger partial charge in [0.15, 0.2) is 0 Å². The first-order valence-electron chi connectivity index (χ1n) is 10.4. The van der Waals surface area contributed by atoms with Gasteiger partial charge in [-0.15, -0.1) is 0 Å². The van der Waals surface area contributed by atoms with E-state index in [-0.39, 0.29) is 24.3 Å². The third kappa shape index (κ3) is 5.71. The largest absolute Gasteiger partial charge is 0.444 e. The smallest absolute Gasteiger partial charge is 0.255 e. The zero-order valence-electron chi connectivity index (χ0n) is 17.9. The Morgan fingerprint density at radius 2 is 1.67 bits per heavy atom. The highest BCUT2D eigenvalue weighted by atomic mass is 19.1. The van der Waals surface area contributed by atoms with Crippen LogP contribution >= 0.6 is 0 Å². The molecule has 1 unspecified atom stereocenters. The predicted octanol–water partition coefficient (Wildman–Crippen LogP) is 5.15. The molecule has 0 radical (unpaired) electrons. The molecule has 0 saturated carbocycles. The van der Waals surface area contributed by atoms with Crippen LogP contribution in [0.1, 0.15) is 34.6 Å². The van der Waals surface area contributed by atoms with Gasteiger partial charge in [0.25, 0.3) is 5.91 Å². The Balaban J connectivity index is 1.31. The number of carbonyl (C=O) groups is 2. The lowest BCUT2D eigenvalue weighted by molar-refractivity contribution is -0.121. The van der Waals surface area contributed by atoms with Gasteiger partial charge in [-0.25, -0.2) is 9.37 Å². The fourth-order valence-electron chi connectivity index (χ4n) is 3.30. The molecule has 0 bridgehead atoms. The van der Waals surface area contributed by atoms with Gasteiger partial charge in [-0.2, -0.15) is 0 Å². The van der Waals surface area contributed by atoms with Gasteiger partial charge in [0.1, 0.15) is 12.1 Å². The van der Waals surface area contributed by atoms with E-state index in [0.717, 1.165) is 11.1 Å². The molecule has 3 aromatic carbocycles. The van der Waals surface area contributed by atoms with Crippen molar-refractivity contribution in [2.45, 2.75) is 19.4 Å². The quantitative estimate of drug-likeness (QED) is 0.414. The molecule has 0 aliphatic carbocycles. The lowest BCUT2D eigenvalue weighted by atomic mass is 10.1. The summed E-state index contributed by atoms with van der Waals surface area (Å²) in [5.74, 6) is -0.424. The van der Waals surface area contributed by atoms with E-state index in [1.54, 1.807) is 12.1 Å². The van der Waals surface area contributed by atoms with Crippen LogP contribution in [0.25, 0.3) is 11.5 Å². The minimum absolute atomic E-state index is 0.104. The lowest BCUT2D eigenvalue weighted by Gasteiger charge is -2.15. The fraction of sp³-hybridized carbons (Fsp3) is 0.115. The molecule has 4 rings (SSSR count). The molecule has 1 aromatic heterocycles. The first kappa shape index (κ1) is 22.0. The molecular weight excluding hydrogens is 421 g/mol. The standard InChI is InChI=1S/C26H22FN3O3/c1-17(28-24(31)15-23-16-33-26(30-23)20-5-3-2-4-6-20)18-9-13-22(14-10-18)29-25(32)19-7-11-21(27)12-8-19/h2-14,16-17H,15H2,1H3,(H,28,31)(H,29,32). The number of halogens is 1. The molecule has 2 amide bonds. The van der Waals surface area contributed by atoms with Crippen molar-refractivity contribution >= 4 is 17.5 Å². The van der Waals surface area contributed by atoms with Crippen LogP contribution in [0.4, 0.5) is 10.1 Å². The second-order valence-electron chi connectivity index (χ2n) is 7.56. The molecule has 33 heavy (non-hydrogen) atoms. The number of nitrogens with one attached hydrogen (secondary N) is 2. The summed E-state index contributed by atoms with van der Waals surface area (Å²) < 4.78 is 18.5. The maximum absolute atomic E-state index is 13.0. The van der Waals surface area contributed by atoms with Crippen LogP contribution in [0.15, 0.2) is 89.5 Å². The van der Waals surface area contributed by atoms with Gasteiger partial charge in [-0.3, -0.25) is 9.59 Å². The van der Waals surface area contributed by atoms with Crippen LogP contribution in [0.5, 0.6) is 0 Å². The van der Waals surface area contributed by atoms with Gasteiger partial charge in [0, 0.05) is 16.8 Å². The first-order chi connectivity index (χ1) is 16.0. The molecule has 6 nitrogen and oxygen atoms in total. The lowest BCUT2D eigenvalue weighted by Crippen LogP contribution is -2.28. The van der Waals surface area contributed by atoms with Crippen LogP contribution in [0, 0.1) is 5.82 Å². The fourth-order valence-corrected chi connectivity index (χ4v) is 3.30. The predicted molar refractivity (Wildman–Crippen MR) is 123 cm³/mol. The highest BCUT2D eigenvalue weighted by Gasteiger charge is 2.14. The van der Waals surface area contributed by atoms with Gasteiger partial charge in [-0.05, 0) is 61.0 Å². The van der Waals surface area contributed by atoms with Gasteiger partial charge < -0.3 is 15.1 Å². The third-order valence-electron chi connectivity index (χ3n) is 5.07. The van der Waals surface area contributed by atoms with E-state index in [4.69, 9.17) is 4.42 Å².